The molecule has 0 spiro atoms. The van der Waals surface area contributed by atoms with Crippen molar-refractivity contribution in [3.05, 3.63) is 69.0 Å². The van der Waals surface area contributed by atoms with Crippen molar-refractivity contribution >= 4 is 57.9 Å². The summed E-state index contributed by atoms with van der Waals surface area (Å²) < 4.78 is 9.02. The second-order valence-corrected chi connectivity index (χ2v) is 10.6. The third-order valence-corrected chi connectivity index (χ3v) is 7.47. The number of benzene rings is 2. The van der Waals surface area contributed by atoms with Gasteiger partial charge in [-0.3, -0.25) is 4.79 Å². The molecule has 0 unspecified atom stereocenters. The standard InChI is InChI=1S/C28H33ClN6O3.ClH/c1-32(2)13-14-38-27(37)18-10-11-23-21(15-18)24-25(26(36)33(23)3)35(16-19-7-4-5-9-22(19)29)28(31-24)34-12-6-8-20(30)17-34;/h4-5,7,9-11,15,20H,6,8,12-14,16-17,30H2,1-3H3;1H/t20-;/m1./s1. The number of rotatable bonds is 7. The van der Waals surface area contributed by atoms with Gasteiger partial charge in [-0.2, -0.15) is 0 Å². The number of fused-ring (bicyclic) bond motifs is 3. The number of carbonyl (C=O) groups is 1. The third-order valence-electron chi connectivity index (χ3n) is 7.10. The van der Waals surface area contributed by atoms with Crippen molar-refractivity contribution in [2.24, 2.45) is 12.8 Å². The Bertz CT molecular complexity index is 1560. The summed E-state index contributed by atoms with van der Waals surface area (Å²) in [4.78, 5) is 35.7. The molecule has 0 saturated carbocycles. The summed E-state index contributed by atoms with van der Waals surface area (Å²) in [6, 6.07) is 12.9. The average Bonchev–Trinajstić information content (AvgIpc) is 3.27. The number of anilines is 1. The van der Waals surface area contributed by atoms with Crippen molar-refractivity contribution in [2.75, 3.05) is 45.2 Å². The summed E-state index contributed by atoms with van der Waals surface area (Å²) in [5, 5.41) is 1.33. The van der Waals surface area contributed by atoms with E-state index in [1.165, 1.54) is 0 Å². The molecule has 0 aliphatic carbocycles. The number of imidazole rings is 1. The predicted octanol–water partition coefficient (Wildman–Crippen LogP) is 3.66. The fourth-order valence-corrected chi connectivity index (χ4v) is 5.24. The summed E-state index contributed by atoms with van der Waals surface area (Å²) in [5.74, 6) is 0.270. The molecule has 39 heavy (non-hydrogen) atoms. The van der Waals surface area contributed by atoms with E-state index in [9.17, 15) is 9.59 Å². The Morgan fingerprint density at radius 2 is 2.00 bits per heavy atom. The molecule has 208 valence electrons. The van der Waals surface area contributed by atoms with Crippen LogP contribution in [0.2, 0.25) is 5.02 Å². The summed E-state index contributed by atoms with van der Waals surface area (Å²) in [5.41, 5.74) is 9.16. The van der Waals surface area contributed by atoms with E-state index in [1.807, 2.05) is 47.8 Å². The summed E-state index contributed by atoms with van der Waals surface area (Å²) in [7, 11) is 5.59. The minimum absolute atomic E-state index is 0. The number of carbonyl (C=O) groups excluding carboxylic acids is 1. The number of ether oxygens (including phenoxy) is 1. The van der Waals surface area contributed by atoms with Crippen molar-refractivity contribution in [1.82, 2.24) is 19.0 Å². The molecule has 1 fully saturated rings. The first kappa shape index (κ1) is 28.9. The first-order valence-corrected chi connectivity index (χ1v) is 13.2. The number of esters is 1. The van der Waals surface area contributed by atoms with Crippen LogP contribution in [-0.4, -0.2) is 71.4 Å². The number of halogens is 2. The molecule has 4 aromatic rings. The summed E-state index contributed by atoms with van der Waals surface area (Å²) >= 11 is 6.53. The van der Waals surface area contributed by atoms with Crippen LogP contribution in [0.5, 0.6) is 0 Å². The van der Waals surface area contributed by atoms with Gasteiger partial charge in [0.1, 0.15) is 17.6 Å². The molecule has 2 N–H and O–H groups in total. The van der Waals surface area contributed by atoms with Crippen LogP contribution >= 0.6 is 24.0 Å². The van der Waals surface area contributed by atoms with Gasteiger partial charge in [0, 0.05) is 43.1 Å². The zero-order valence-corrected chi connectivity index (χ0v) is 24.0. The highest BCUT2D eigenvalue weighted by atomic mass is 35.5. The fraction of sp³-hybridized carbons (Fsp3) is 0.393. The molecule has 5 rings (SSSR count). The van der Waals surface area contributed by atoms with Crippen LogP contribution in [0.3, 0.4) is 0 Å². The average molecular weight is 574 g/mol. The first-order chi connectivity index (χ1) is 18.2. The van der Waals surface area contributed by atoms with Gasteiger partial charge in [-0.25, -0.2) is 9.78 Å². The third kappa shape index (κ3) is 5.77. The van der Waals surface area contributed by atoms with E-state index in [0.717, 1.165) is 24.9 Å². The van der Waals surface area contributed by atoms with E-state index in [2.05, 4.69) is 4.90 Å². The van der Waals surface area contributed by atoms with E-state index in [1.54, 1.807) is 29.8 Å². The smallest absolute Gasteiger partial charge is 0.338 e. The Kier molecular flexibility index (Phi) is 8.86. The Balaban J connectivity index is 0.00000353. The van der Waals surface area contributed by atoms with E-state index < -0.39 is 5.97 Å². The molecular weight excluding hydrogens is 539 g/mol. The number of nitrogens with zero attached hydrogens (tertiary/aromatic N) is 5. The maximum Gasteiger partial charge on any atom is 0.338 e. The molecular formula is C28H34Cl2N6O3. The lowest BCUT2D eigenvalue weighted by Crippen LogP contribution is -2.44. The van der Waals surface area contributed by atoms with E-state index in [-0.39, 0.29) is 24.0 Å². The molecule has 3 heterocycles. The van der Waals surface area contributed by atoms with E-state index in [0.29, 0.717) is 64.7 Å². The molecule has 2 aromatic carbocycles. The minimum Gasteiger partial charge on any atom is -0.461 e. The highest BCUT2D eigenvalue weighted by Gasteiger charge is 2.26. The van der Waals surface area contributed by atoms with Gasteiger partial charge >= 0.3 is 5.97 Å². The fourth-order valence-electron chi connectivity index (χ4n) is 5.04. The highest BCUT2D eigenvalue weighted by molar-refractivity contribution is 6.31. The number of aryl methyl sites for hydroxylation is 1. The van der Waals surface area contributed by atoms with Gasteiger partial charge in [-0.15, -0.1) is 12.4 Å². The van der Waals surface area contributed by atoms with Crippen LogP contribution in [0.1, 0.15) is 28.8 Å². The van der Waals surface area contributed by atoms with Crippen molar-refractivity contribution in [2.45, 2.75) is 25.4 Å². The van der Waals surface area contributed by atoms with Gasteiger partial charge in [-0.1, -0.05) is 29.8 Å². The van der Waals surface area contributed by atoms with Crippen molar-refractivity contribution < 1.29 is 9.53 Å². The molecule has 1 saturated heterocycles. The van der Waals surface area contributed by atoms with Crippen LogP contribution in [0.25, 0.3) is 21.9 Å². The number of pyridine rings is 1. The predicted molar refractivity (Wildman–Crippen MR) is 159 cm³/mol. The topological polar surface area (TPSA) is 98.6 Å². The van der Waals surface area contributed by atoms with Gasteiger partial charge in [0.25, 0.3) is 5.56 Å². The number of likely N-dealkylation sites (N-methyl/N-ethyl adjacent to an activating group) is 1. The van der Waals surface area contributed by atoms with Gasteiger partial charge in [0.2, 0.25) is 5.95 Å². The van der Waals surface area contributed by atoms with Gasteiger partial charge in [0.15, 0.2) is 0 Å². The molecule has 0 amide bonds. The summed E-state index contributed by atoms with van der Waals surface area (Å²) in [6.07, 6.45) is 1.89. The van der Waals surface area contributed by atoms with E-state index in [4.69, 9.17) is 27.1 Å². The molecule has 9 nitrogen and oxygen atoms in total. The van der Waals surface area contributed by atoms with Crippen molar-refractivity contribution in [3.8, 4) is 0 Å². The van der Waals surface area contributed by atoms with Crippen LogP contribution in [0.4, 0.5) is 5.95 Å². The van der Waals surface area contributed by atoms with Crippen molar-refractivity contribution in [1.29, 1.82) is 0 Å². The number of aromatic nitrogens is 3. The zero-order valence-electron chi connectivity index (χ0n) is 22.4. The quantitative estimate of drug-likeness (QED) is 0.337. The maximum absolute atomic E-state index is 13.8. The molecule has 1 aliphatic heterocycles. The number of hydrogen-bond donors (Lipinski definition) is 1. The minimum atomic E-state index is -0.409. The largest absolute Gasteiger partial charge is 0.461 e. The second-order valence-electron chi connectivity index (χ2n) is 10.2. The molecule has 2 aromatic heterocycles. The van der Waals surface area contributed by atoms with Gasteiger partial charge in [-0.05, 0) is 56.8 Å². The highest BCUT2D eigenvalue weighted by Crippen LogP contribution is 2.31. The van der Waals surface area contributed by atoms with Crippen LogP contribution < -0.4 is 16.2 Å². The zero-order chi connectivity index (χ0) is 27.0. The second kappa shape index (κ2) is 12.0. The Morgan fingerprint density at radius 3 is 2.72 bits per heavy atom. The molecule has 0 radical (unpaired) electrons. The van der Waals surface area contributed by atoms with Crippen LogP contribution in [0.15, 0.2) is 47.3 Å². The monoisotopic (exact) mass is 572 g/mol. The Labute approximate surface area is 238 Å². The van der Waals surface area contributed by atoms with E-state index >= 15 is 0 Å². The lowest BCUT2D eigenvalue weighted by atomic mass is 10.1. The van der Waals surface area contributed by atoms with Crippen LogP contribution in [0, 0.1) is 0 Å². The lowest BCUT2D eigenvalue weighted by Gasteiger charge is -2.32. The number of hydrogen-bond acceptors (Lipinski definition) is 7. The Morgan fingerprint density at radius 1 is 1.23 bits per heavy atom. The molecule has 0 bridgehead atoms. The summed E-state index contributed by atoms with van der Waals surface area (Å²) in [6.45, 7) is 2.74. The Hall–Kier alpha value is -3.11. The first-order valence-electron chi connectivity index (χ1n) is 12.8. The van der Waals surface area contributed by atoms with Crippen LogP contribution in [-0.2, 0) is 18.3 Å². The van der Waals surface area contributed by atoms with Crippen molar-refractivity contribution in [3.63, 3.8) is 0 Å². The van der Waals surface area contributed by atoms with Gasteiger partial charge < -0.3 is 29.4 Å². The SMILES string of the molecule is CN(C)CCOC(=O)c1ccc2c(c1)c1nc(N3CCC[C@@H](N)C3)n(Cc3ccccc3Cl)c1c(=O)n2C.Cl. The number of piperidine rings is 1. The number of nitrogens with two attached hydrogens (primary N) is 1. The molecule has 1 aliphatic rings. The van der Waals surface area contributed by atoms with Gasteiger partial charge in [0.05, 0.1) is 17.6 Å². The molecule has 1 atom stereocenters. The maximum atomic E-state index is 13.8. The molecule has 11 heteroatoms. The lowest BCUT2D eigenvalue weighted by molar-refractivity contribution is 0.0482. The normalized spacial score (nSPS) is 15.6.